The van der Waals surface area contributed by atoms with E-state index < -0.39 is 0 Å². The van der Waals surface area contributed by atoms with Crippen LogP contribution in [-0.4, -0.2) is 53.1 Å². The molecule has 29 heavy (non-hydrogen) atoms. The second-order valence-electron chi connectivity index (χ2n) is 7.28. The number of nitrogens with one attached hydrogen (secondary N) is 1. The van der Waals surface area contributed by atoms with Gasteiger partial charge in [-0.15, -0.1) is 10.2 Å². The molecule has 3 rings (SSSR count). The molecule has 0 spiro atoms. The topological polar surface area (TPSA) is 78.4 Å². The number of rotatable bonds is 8. The zero-order chi connectivity index (χ0) is 20.6. The Morgan fingerprint density at radius 3 is 2.52 bits per heavy atom. The van der Waals surface area contributed by atoms with Crippen molar-refractivity contribution in [2.45, 2.75) is 39.5 Å². The molecule has 1 saturated heterocycles. The number of benzene rings is 1. The molecule has 1 aliphatic heterocycles. The first-order valence-electron chi connectivity index (χ1n) is 10.3. The summed E-state index contributed by atoms with van der Waals surface area (Å²) in [5.74, 6) is -0.0944. The molecular weight excluding hydrogens is 386 g/mol. The Morgan fingerprint density at radius 2 is 1.93 bits per heavy atom. The minimum atomic E-state index is -0.0954. The van der Waals surface area contributed by atoms with Gasteiger partial charge in [-0.25, -0.2) is 0 Å². The standard InChI is InChI=1S/C21H29N5O2S/c1-3-5-12-25(4-2)18-8-6-17(7-9-18)20(28)26-13-10-16(11-14-26)19(27)23-21-24-22-15-29-21/h6-9,15-16H,3-5,10-14H2,1-2H3,(H,23,24,27). The van der Waals surface area contributed by atoms with E-state index in [1.807, 2.05) is 29.2 Å². The summed E-state index contributed by atoms with van der Waals surface area (Å²) < 4.78 is 0. The number of piperidine rings is 1. The fourth-order valence-electron chi connectivity index (χ4n) is 3.60. The van der Waals surface area contributed by atoms with Gasteiger partial charge in [-0.2, -0.15) is 0 Å². The van der Waals surface area contributed by atoms with Crippen LogP contribution < -0.4 is 10.2 Å². The Hall–Kier alpha value is -2.48. The van der Waals surface area contributed by atoms with Gasteiger partial charge >= 0.3 is 0 Å². The van der Waals surface area contributed by atoms with Crippen molar-refractivity contribution < 1.29 is 9.59 Å². The molecule has 156 valence electrons. The van der Waals surface area contributed by atoms with Crippen LogP contribution in [0.3, 0.4) is 0 Å². The summed E-state index contributed by atoms with van der Waals surface area (Å²) in [4.78, 5) is 29.4. The van der Waals surface area contributed by atoms with E-state index in [9.17, 15) is 9.59 Å². The first-order chi connectivity index (χ1) is 14.1. The van der Waals surface area contributed by atoms with Crippen LogP contribution in [-0.2, 0) is 4.79 Å². The number of unbranched alkanes of at least 4 members (excludes halogenated alkanes) is 1. The fourth-order valence-corrected chi connectivity index (χ4v) is 4.04. The van der Waals surface area contributed by atoms with E-state index in [2.05, 4.69) is 34.3 Å². The van der Waals surface area contributed by atoms with Crippen molar-refractivity contribution in [1.29, 1.82) is 0 Å². The molecule has 7 nitrogen and oxygen atoms in total. The normalized spacial score (nSPS) is 14.6. The van der Waals surface area contributed by atoms with Crippen molar-refractivity contribution in [3.05, 3.63) is 35.3 Å². The van der Waals surface area contributed by atoms with Crippen LogP contribution in [0.2, 0.25) is 0 Å². The van der Waals surface area contributed by atoms with Crippen LogP contribution in [0.1, 0.15) is 49.9 Å². The number of anilines is 2. The summed E-state index contributed by atoms with van der Waals surface area (Å²) in [6.07, 6.45) is 3.65. The van der Waals surface area contributed by atoms with Crippen LogP contribution in [0.25, 0.3) is 0 Å². The van der Waals surface area contributed by atoms with Crippen LogP contribution in [0.4, 0.5) is 10.8 Å². The van der Waals surface area contributed by atoms with Crippen molar-refractivity contribution in [3.63, 3.8) is 0 Å². The molecular formula is C21H29N5O2S. The van der Waals surface area contributed by atoms with Crippen molar-refractivity contribution in [2.24, 2.45) is 5.92 Å². The van der Waals surface area contributed by atoms with Gasteiger partial charge in [0.2, 0.25) is 11.0 Å². The molecule has 2 amide bonds. The highest BCUT2D eigenvalue weighted by atomic mass is 32.1. The summed E-state index contributed by atoms with van der Waals surface area (Å²) in [6, 6.07) is 7.91. The third-order valence-corrected chi connectivity index (χ3v) is 5.99. The molecule has 8 heteroatoms. The Kier molecular flexibility index (Phi) is 7.57. The molecule has 0 atom stereocenters. The maximum Gasteiger partial charge on any atom is 0.253 e. The zero-order valence-electron chi connectivity index (χ0n) is 17.1. The van der Waals surface area contributed by atoms with Gasteiger partial charge in [0.05, 0.1) is 0 Å². The average molecular weight is 416 g/mol. The van der Waals surface area contributed by atoms with Gasteiger partial charge in [-0.3, -0.25) is 9.59 Å². The molecule has 0 bridgehead atoms. The maximum atomic E-state index is 12.9. The molecule has 1 aromatic heterocycles. The highest BCUT2D eigenvalue weighted by molar-refractivity contribution is 7.13. The molecule has 1 fully saturated rings. The molecule has 0 radical (unpaired) electrons. The van der Waals surface area contributed by atoms with E-state index in [1.54, 1.807) is 5.51 Å². The lowest BCUT2D eigenvalue weighted by Gasteiger charge is -2.31. The number of likely N-dealkylation sites (tertiary alicyclic amines) is 1. The van der Waals surface area contributed by atoms with E-state index in [-0.39, 0.29) is 17.7 Å². The summed E-state index contributed by atoms with van der Waals surface area (Å²) >= 11 is 1.30. The lowest BCUT2D eigenvalue weighted by molar-refractivity contribution is -0.121. The number of carbonyl (C=O) groups excluding carboxylic acids is 2. The Balaban J connectivity index is 1.53. The quantitative estimate of drug-likeness (QED) is 0.712. The first-order valence-corrected chi connectivity index (χ1v) is 11.2. The summed E-state index contributed by atoms with van der Waals surface area (Å²) in [6.45, 7) is 7.52. The van der Waals surface area contributed by atoms with Crippen molar-refractivity contribution in [3.8, 4) is 0 Å². The minimum absolute atomic E-state index is 0.0371. The van der Waals surface area contributed by atoms with Gasteiger partial charge in [0, 0.05) is 43.3 Å². The van der Waals surface area contributed by atoms with Gasteiger partial charge < -0.3 is 15.1 Å². The highest BCUT2D eigenvalue weighted by Gasteiger charge is 2.28. The number of nitrogens with zero attached hydrogens (tertiary/aromatic N) is 4. The largest absolute Gasteiger partial charge is 0.372 e. The van der Waals surface area contributed by atoms with Gasteiger partial charge in [0.1, 0.15) is 5.51 Å². The number of carbonyl (C=O) groups is 2. The Labute approximate surface area is 176 Å². The van der Waals surface area contributed by atoms with E-state index in [4.69, 9.17) is 0 Å². The van der Waals surface area contributed by atoms with Crippen LogP contribution >= 0.6 is 11.3 Å². The van der Waals surface area contributed by atoms with E-state index in [0.29, 0.717) is 36.6 Å². The number of amides is 2. The number of aromatic nitrogens is 2. The fraction of sp³-hybridized carbons (Fsp3) is 0.524. The smallest absolute Gasteiger partial charge is 0.253 e. The number of hydrogen-bond acceptors (Lipinski definition) is 6. The van der Waals surface area contributed by atoms with Gasteiger partial charge in [0.25, 0.3) is 5.91 Å². The van der Waals surface area contributed by atoms with Crippen LogP contribution in [0, 0.1) is 5.92 Å². The summed E-state index contributed by atoms with van der Waals surface area (Å²) in [5, 5.41) is 10.9. The SMILES string of the molecule is CCCCN(CC)c1ccc(C(=O)N2CCC(C(=O)Nc3nncs3)CC2)cc1. The molecule has 2 heterocycles. The van der Waals surface area contributed by atoms with E-state index in [0.717, 1.165) is 25.2 Å². The minimum Gasteiger partial charge on any atom is -0.372 e. The third-order valence-electron chi connectivity index (χ3n) is 5.39. The van der Waals surface area contributed by atoms with Gasteiger partial charge in [-0.1, -0.05) is 24.7 Å². The van der Waals surface area contributed by atoms with Gasteiger partial charge in [0.15, 0.2) is 0 Å². The van der Waals surface area contributed by atoms with Crippen LogP contribution in [0.5, 0.6) is 0 Å². The third kappa shape index (κ3) is 5.53. The molecule has 0 aliphatic carbocycles. The molecule has 2 aromatic rings. The van der Waals surface area contributed by atoms with Gasteiger partial charge in [-0.05, 0) is 50.5 Å². The Bertz CT molecular complexity index is 786. The molecule has 0 saturated carbocycles. The summed E-state index contributed by atoms with van der Waals surface area (Å²) in [7, 11) is 0. The molecule has 1 aliphatic rings. The second-order valence-corrected chi connectivity index (χ2v) is 8.11. The number of hydrogen-bond donors (Lipinski definition) is 1. The highest BCUT2D eigenvalue weighted by Crippen LogP contribution is 2.22. The van der Waals surface area contributed by atoms with Crippen molar-refractivity contribution >= 4 is 34.0 Å². The first kappa shape index (κ1) is 21.2. The second kappa shape index (κ2) is 10.3. The predicted molar refractivity (Wildman–Crippen MR) is 116 cm³/mol. The summed E-state index contributed by atoms with van der Waals surface area (Å²) in [5.41, 5.74) is 3.45. The molecule has 1 N–H and O–H groups in total. The molecule has 0 unspecified atom stereocenters. The van der Waals surface area contributed by atoms with Crippen molar-refractivity contribution in [1.82, 2.24) is 15.1 Å². The predicted octanol–water partition coefficient (Wildman–Crippen LogP) is 3.66. The van der Waals surface area contributed by atoms with E-state index in [1.165, 1.54) is 17.8 Å². The lowest BCUT2D eigenvalue weighted by atomic mass is 9.95. The van der Waals surface area contributed by atoms with Crippen LogP contribution in [0.15, 0.2) is 29.8 Å². The zero-order valence-corrected chi connectivity index (χ0v) is 18.0. The van der Waals surface area contributed by atoms with E-state index >= 15 is 0 Å². The monoisotopic (exact) mass is 415 g/mol. The van der Waals surface area contributed by atoms with Crippen molar-refractivity contribution in [2.75, 3.05) is 36.4 Å². The lowest BCUT2D eigenvalue weighted by Crippen LogP contribution is -2.41. The maximum absolute atomic E-state index is 12.9. The Morgan fingerprint density at radius 1 is 1.21 bits per heavy atom. The average Bonchev–Trinajstić information content (AvgIpc) is 3.27. The molecule has 1 aromatic carbocycles.